The lowest BCUT2D eigenvalue weighted by molar-refractivity contribution is 0.102. The molecule has 0 unspecified atom stereocenters. The van der Waals surface area contributed by atoms with Gasteiger partial charge in [0.15, 0.2) is 0 Å². The minimum absolute atomic E-state index is 0.0472. The van der Waals surface area contributed by atoms with Crippen molar-refractivity contribution in [3.8, 4) is 0 Å². The minimum atomic E-state index is -1.72. The molecule has 0 heterocycles. The first-order valence-corrected chi connectivity index (χ1v) is 6.28. The highest BCUT2D eigenvalue weighted by Gasteiger charge is 2.17. The van der Waals surface area contributed by atoms with Crippen LogP contribution in [0.25, 0.3) is 0 Å². The first-order valence-electron chi connectivity index (χ1n) is 5.90. The van der Waals surface area contributed by atoms with Gasteiger partial charge in [0.05, 0.1) is 22.0 Å². The molecule has 0 saturated heterocycles. The van der Waals surface area contributed by atoms with E-state index in [-0.39, 0.29) is 27.4 Å². The molecule has 108 valence electrons. The number of hydrogen-bond acceptors (Lipinski definition) is 4. The summed E-state index contributed by atoms with van der Waals surface area (Å²) in [6.07, 6.45) is 0. The average molecular weight is 309 g/mol. The van der Waals surface area contributed by atoms with Crippen LogP contribution < -0.4 is 16.5 Å². The lowest BCUT2D eigenvalue weighted by atomic mass is 9.79. The SMILES string of the molecule is Nc1cc(F)ccc1NC(=O)c1cc(B(O)O)ccc1Cl. The molecular weight excluding hydrogens is 297 g/mol. The van der Waals surface area contributed by atoms with Crippen molar-refractivity contribution >= 4 is 41.5 Å². The summed E-state index contributed by atoms with van der Waals surface area (Å²) in [5.74, 6) is -1.12. The van der Waals surface area contributed by atoms with Crippen molar-refractivity contribution in [3.05, 3.63) is 52.8 Å². The number of anilines is 2. The van der Waals surface area contributed by atoms with E-state index in [1.165, 1.54) is 24.3 Å². The zero-order chi connectivity index (χ0) is 15.6. The summed E-state index contributed by atoms with van der Waals surface area (Å²) in [5.41, 5.74) is 6.06. The highest BCUT2D eigenvalue weighted by atomic mass is 35.5. The molecule has 0 spiro atoms. The van der Waals surface area contributed by atoms with E-state index in [2.05, 4.69) is 5.32 Å². The van der Waals surface area contributed by atoms with Gasteiger partial charge in [-0.2, -0.15) is 0 Å². The fourth-order valence-electron chi connectivity index (χ4n) is 1.71. The van der Waals surface area contributed by atoms with E-state index in [0.717, 1.165) is 12.1 Å². The smallest absolute Gasteiger partial charge is 0.423 e. The summed E-state index contributed by atoms with van der Waals surface area (Å²) in [7, 11) is -1.72. The molecule has 21 heavy (non-hydrogen) atoms. The maximum Gasteiger partial charge on any atom is 0.488 e. The van der Waals surface area contributed by atoms with Crippen LogP contribution in [0.1, 0.15) is 10.4 Å². The Bertz CT molecular complexity index is 697. The second-order valence-electron chi connectivity index (χ2n) is 4.30. The molecule has 0 aromatic heterocycles. The van der Waals surface area contributed by atoms with Gasteiger partial charge in [-0.3, -0.25) is 4.79 Å². The summed E-state index contributed by atoms with van der Waals surface area (Å²) in [6, 6.07) is 7.56. The van der Waals surface area contributed by atoms with Crippen LogP contribution in [0, 0.1) is 5.82 Å². The number of rotatable bonds is 3. The number of halogens is 2. The summed E-state index contributed by atoms with van der Waals surface area (Å²) in [6.45, 7) is 0. The van der Waals surface area contributed by atoms with Crippen molar-refractivity contribution in [1.82, 2.24) is 0 Å². The normalized spacial score (nSPS) is 10.3. The van der Waals surface area contributed by atoms with Crippen molar-refractivity contribution in [2.24, 2.45) is 0 Å². The largest absolute Gasteiger partial charge is 0.488 e. The standard InChI is InChI=1S/C13H11BClFN2O3/c15-10-3-1-7(14(20)21)5-9(10)13(19)18-12-4-2-8(16)6-11(12)17/h1-6,20-21H,17H2,(H,18,19). The molecule has 0 fully saturated rings. The van der Waals surface area contributed by atoms with Gasteiger partial charge < -0.3 is 21.1 Å². The van der Waals surface area contributed by atoms with Gasteiger partial charge in [-0.25, -0.2) is 4.39 Å². The number of carbonyl (C=O) groups is 1. The van der Waals surface area contributed by atoms with Crippen LogP contribution in [0.3, 0.4) is 0 Å². The Balaban J connectivity index is 2.30. The van der Waals surface area contributed by atoms with E-state index in [9.17, 15) is 9.18 Å². The molecule has 0 saturated carbocycles. The van der Waals surface area contributed by atoms with Gasteiger partial charge in [-0.15, -0.1) is 0 Å². The third-order valence-electron chi connectivity index (χ3n) is 2.79. The van der Waals surface area contributed by atoms with Gasteiger partial charge in [0.2, 0.25) is 0 Å². The van der Waals surface area contributed by atoms with Gasteiger partial charge >= 0.3 is 7.12 Å². The first-order chi connectivity index (χ1) is 9.88. The molecule has 5 nitrogen and oxygen atoms in total. The van der Waals surface area contributed by atoms with Gasteiger partial charge in [0.1, 0.15) is 5.82 Å². The van der Waals surface area contributed by atoms with Crippen LogP contribution in [-0.2, 0) is 0 Å². The number of carbonyl (C=O) groups excluding carboxylic acids is 1. The number of nitrogens with one attached hydrogen (secondary N) is 1. The van der Waals surface area contributed by atoms with E-state index in [0.29, 0.717) is 0 Å². The zero-order valence-corrected chi connectivity index (χ0v) is 11.4. The molecule has 0 aliphatic rings. The second kappa shape index (κ2) is 6.13. The van der Waals surface area contributed by atoms with Crippen LogP contribution in [0.4, 0.5) is 15.8 Å². The van der Waals surface area contributed by atoms with Crippen molar-refractivity contribution in [1.29, 1.82) is 0 Å². The molecule has 0 atom stereocenters. The third kappa shape index (κ3) is 3.52. The fourth-order valence-corrected chi connectivity index (χ4v) is 1.92. The quantitative estimate of drug-likeness (QED) is 0.502. The Hall–Kier alpha value is -2.09. The van der Waals surface area contributed by atoms with Crippen LogP contribution in [0.2, 0.25) is 5.02 Å². The molecule has 0 radical (unpaired) electrons. The highest BCUT2D eigenvalue weighted by molar-refractivity contribution is 6.59. The Morgan fingerprint density at radius 2 is 1.95 bits per heavy atom. The summed E-state index contributed by atoms with van der Waals surface area (Å²) in [4.78, 5) is 12.1. The summed E-state index contributed by atoms with van der Waals surface area (Å²) >= 11 is 5.91. The third-order valence-corrected chi connectivity index (χ3v) is 3.12. The fraction of sp³-hybridized carbons (Fsp3) is 0. The van der Waals surface area contributed by atoms with Crippen molar-refractivity contribution in [3.63, 3.8) is 0 Å². The second-order valence-corrected chi connectivity index (χ2v) is 4.71. The number of amides is 1. The Kier molecular flexibility index (Phi) is 4.47. The first kappa shape index (κ1) is 15.3. The molecule has 0 aliphatic heterocycles. The summed E-state index contributed by atoms with van der Waals surface area (Å²) < 4.78 is 12.9. The van der Waals surface area contributed by atoms with Crippen LogP contribution in [0.5, 0.6) is 0 Å². The van der Waals surface area contributed by atoms with Gasteiger partial charge in [0, 0.05) is 0 Å². The predicted molar refractivity (Wildman–Crippen MR) is 80.0 cm³/mol. The lowest BCUT2D eigenvalue weighted by Crippen LogP contribution is -2.31. The Morgan fingerprint density at radius 1 is 1.24 bits per heavy atom. The Morgan fingerprint density at radius 3 is 2.57 bits per heavy atom. The maximum absolute atomic E-state index is 12.9. The van der Waals surface area contributed by atoms with Gasteiger partial charge in [0.25, 0.3) is 5.91 Å². The molecule has 0 bridgehead atoms. The maximum atomic E-state index is 12.9. The number of hydrogen-bond donors (Lipinski definition) is 4. The molecule has 0 aliphatic carbocycles. The molecular formula is C13H11BClFN2O3. The number of nitrogen functional groups attached to an aromatic ring is 1. The van der Waals surface area contributed by atoms with Gasteiger partial charge in [-0.1, -0.05) is 17.7 Å². The zero-order valence-electron chi connectivity index (χ0n) is 10.7. The predicted octanol–water partition coefficient (Wildman–Crippen LogP) is 0.993. The minimum Gasteiger partial charge on any atom is -0.423 e. The van der Waals surface area contributed by atoms with E-state index < -0.39 is 18.8 Å². The van der Waals surface area contributed by atoms with Crippen LogP contribution >= 0.6 is 11.6 Å². The van der Waals surface area contributed by atoms with E-state index in [1.54, 1.807) is 0 Å². The molecule has 2 rings (SSSR count). The molecule has 1 amide bonds. The van der Waals surface area contributed by atoms with Crippen molar-refractivity contribution in [2.45, 2.75) is 0 Å². The Labute approximate surface area is 125 Å². The molecule has 5 N–H and O–H groups in total. The van der Waals surface area contributed by atoms with E-state index >= 15 is 0 Å². The van der Waals surface area contributed by atoms with Crippen molar-refractivity contribution in [2.75, 3.05) is 11.1 Å². The lowest BCUT2D eigenvalue weighted by Gasteiger charge is -2.10. The van der Waals surface area contributed by atoms with Crippen LogP contribution in [0.15, 0.2) is 36.4 Å². The summed E-state index contributed by atoms with van der Waals surface area (Å²) in [5, 5.41) is 20.8. The molecule has 8 heteroatoms. The van der Waals surface area contributed by atoms with E-state index in [4.69, 9.17) is 27.4 Å². The molecule has 2 aromatic carbocycles. The average Bonchev–Trinajstić information content (AvgIpc) is 2.42. The van der Waals surface area contributed by atoms with Crippen molar-refractivity contribution < 1.29 is 19.2 Å². The molecule has 2 aromatic rings. The van der Waals surface area contributed by atoms with Gasteiger partial charge in [-0.05, 0) is 35.8 Å². The number of nitrogens with two attached hydrogens (primary N) is 1. The van der Waals surface area contributed by atoms with Crippen LogP contribution in [-0.4, -0.2) is 23.1 Å². The monoisotopic (exact) mass is 308 g/mol. The topological polar surface area (TPSA) is 95.6 Å². The highest BCUT2D eigenvalue weighted by Crippen LogP contribution is 2.21. The number of benzene rings is 2. The van der Waals surface area contributed by atoms with E-state index in [1.807, 2.05) is 0 Å².